The number of pyridine rings is 1. The van der Waals surface area contributed by atoms with Crippen LogP contribution in [0.15, 0.2) is 36.4 Å². The van der Waals surface area contributed by atoms with Gasteiger partial charge in [-0.25, -0.2) is 17.8 Å². The minimum absolute atomic E-state index is 0.202. The van der Waals surface area contributed by atoms with Crippen molar-refractivity contribution in [2.24, 2.45) is 0 Å². The van der Waals surface area contributed by atoms with Crippen molar-refractivity contribution in [1.82, 2.24) is 10.3 Å². The van der Waals surface area contributed by atoms with Gasteiger partial charge in [0.2, 0.25) is 15.9 Å². The molecule has 1 amide bonds. The van der Waals surface area contributed by atoms with E-state index in [1.54, 1.807) is 20.8 Å². The zero-order valence-corrected chi connectivity index (χ0v) is 18.6. The van der Waals surface area contributed by atoms with Crippen molar-refractivity contribution in [1.29, 1.82) is 0 Å². The van der Waals surface area contributed by atoms with Crippen LogP contribution in [0.4, 0.5) is 23.2 Å². The third kappa shape index (κ3) is 7.04. The molecule has 0 fully saturated rings. The largest absolute Gasteiger partial charge is 0.433 e. The average Bonchev–Trinajstić information content (AvgIpc) is 2.65. The van der Waals surface area contributed by atoms with E-state index in [4.69, 9.17) is 0 Å². The number of sulfonamides is 1. The summed E-state index contributed by atoms with van der Waals surface area (Å²) < 4.78 is 77.4. The Morgan fingerprint density at radius 2 is 1.78 bits per heavy atom. The third-order valence-corrected chi connectivity index (χ3v) is 4.95. The van der Waals surface area contributed by atoms with Crippen LogP contribution in [0, 0.1) is 5.82 Å². The molecular weight excluding hydrogens is 450 g/mol. The van der Waals surface area contributed by atoms with Gasteiger partial charge in [0.25, 0.3) is 0 Å². The summed E-state index contributed by atoms with van der Waals surface area (Å²) in [6.45, 7) is 4.99. The molecule has 0 saturated carbocycles. The van der Waals surface area contributed by atoms with Crippen LogP contribution in [-0.2, 0) is 21.0 Å². The quantitative estimate of drug-likeness (QED) is 0.454. The van der Waals surface area contributed by atoms with Crippen molar-refractivity contribution in [3.05, 3.63) is 64.7 Å². The van der Waals surface area contributed by atoms with Gasteiger partial charge < -0.3 is 5.32 Å². The molecule has 1 atom stereocenters. The Hall–Kier alpha value is -2.95. The number of hydrogen-bond donors (Lipinski definition) is 2. The summed E-state index contributed by atoms with van der Waals surface area (Å²) in [6.07, 6.45) is -1.15. The Bertz CT molecular complexity index is 1130. The maximum Gasteiger partial charge on any atom is 0.433 e. The number of nitrogens with one attached hydrogen (secondary N) is 2. The minimum Gasteiger partial charge on any atom is -0.346 e. The monoisotopic (exact) mass is 473 g/mol. The number of anilines is 1. The summed E-state index contributed by atoms with van der Waals surface area (Å²) in [5.41, 5.74) is -0.258. The molecule has 1 aromatic heterocycles. The van der Waals surface area contributed by atoms with E-state index in [1.807, 2.05) is 4.72 Å². The van der Waals surface area contributed by atoms with Gasteiger partial charge >= 0.3 is 6.18 Å². The molecule has 0 aliphatic heterocycles. The number of benzene rings is 1. The third-order valence-electron chi connectivity index (χ3n) is 4.36. The zero-order valence-electron chi connectivity index (χ0n) is 17.8. The second kappa shape index (κ2) is 9.68. The van der Waals surface area contributed by atoms with Crippen LogP contribution in [0.25, 0.3) is 6.08 Å². The van der Waals surface area contributed by atoms with E-state index < -0.39 is 39.7 Å². The van der Waals surface area contributed by atoms with E-state index in [1.165, 1.54) is 24.3 Å². The molecule has 32 heavy (non-hydrogen) atoms. The number of nitrogens with zero attached hydrogens (tertiary/aromatic N) is 1. The molecule has 0 spiro atoms. The normalized spacial score (nSPS) is 13.4. The van der Waals surface area contributed by atoms with Crippen molar-refractivity contribution >= 4 is 27.7 Å². The van der Waals surface area contributed by atoms with Gasteiger partial charge in [0.1, 0.15) is 11.5 Å². The highest BCUT2D eigenvalue weighted by Crippen LogP contribution is 2.30. The molecule has 2 N–H and O–H groups in total. The van der Waals surface area contributed by atoms with E-state index in [-0.39, 0.29) is 17.3 Å². The first-order valence-corrected chi connectivity index (χ1v) is 11.4. The summed E-state index contributed by atoms with van der Waals surface area (Å²) in [5.74, 6) is -1.66. The summed E-state index contributed by atoms with van der Waals surface area (Å²) in [4.78, 5) is 15.9. The predicted molar refractivity (Wildman–Crippen MR) is 114 cm³/mol. The Morgan fingerprint density at radius 3 is 2.31 bits per heavy atom. The molecule has 11 heteroatoms. The first-order valence-electron chi connectivity index (χ1n) is 9.51. The van der Waals surface area contributed by atoms with Crippen LogP contribution in [0.3, 0.4) is 0 Å². The van der Waals surface area contributed by atoms with Gasteiger partial charge in [-0.15, -0.1) is 0 Å². The van der Waals surface area contributed by atoms with Crippen LogP contribution in [-0.4, -0.2) is 25.6 Å². The van der Waals surface area contributed by atoms with Crippen LogP contribution in [0.5, 0.6) is 0 Å². The van der Waals surface area contributed by atoms with Crippen LogP contribution < -0.4 is 10.0 Å². The van der Waals surface area contributed by atoms with E-state index in [2.05, 4.69) is 10.3 Å². The molecule has 1 heterocycles. The molecule has 0 bridgehead atoms. The Balaban J connectivity index is 2.14. The molecule has 1 aromatic carbocycles. The number of hydrogen-bond acceptors (Lipinski definition) is 4. The van der Waals surface area contributed by atoms with Crippen LogP contribution >= 0.6 is 0 Å². The molecule has 0 saturated heterocycles. The average molecular weight is 473 g/mol. The van der Waals surface area contributed by atoms with Crippen molar-refractivity contribution < 1.29 is 30.8 Å². The SMILES string of the molecule is CC(C)c1nc(C(F)(F)F)ccc1/C=C\C(=O)N[C@H](C)c1ccc(NS(C)(=O)=O)c(F)c1. The summed E-state index contributed by atoms with van der Waals surface area (Å²) in [7, 11) is -3.64. The second-order valence-electron chi connectivity index (χ2n) is 7.50. The van der Waals surface area contributed by atoms with Crippen molar-refractivity contribution in [2.45, 2.75) is 38.9 Å². The lowest BCUT2D eigenvalue weighted by atomic mass is 10.0. The molecule has 6 nitrogen and oxygen atoms in total. The van der Waals surface area contributed by atoms with Gasteiger partial charge in [-0.3, -0.25) is 9.52 Å². The van der Waals surface area contributed by atoms with Crippen molar-refractivity contribution in [3.8, 4) is 0 Å². The number of carbonyl (C=O) groups excluding carboxylic acids is 1. The lowest BCUT2D eigenvalue weighted by molar-refractivity contribution is -0.141. The highest BCUT2D eigenvalue weighted by Gasteiger charge is 2.33. The van der Waals surface area contributed by atoms with E-state index >= 15 is 0 Å². The lowest BCUT2D eigenvalue weighted by Crippen LogP contribution is -2.24. The molecule has 2 aromatic rings. The number of carbonyl (C=O) groups is 1. The Labute approximate surface area is 183 Å². The number of amides is 1. The van der Waals surface area contributed by atoms with Crippen molar-refractivity contribution in [2.75, 3.05) is 11.0 Å². The first kappa shape index (κ1) is 25.3. The van der Waals surface area contributed by atoms with Gasteiger partial charge in [0.15, 0.2) is 0 Å². The smallest absolute Gasteiger partial charge is 0.346 e. The number of alkyl halides is 3. The Morgan fingerprint density at radius 1 is 1.12 bits per heavy atom. The number of aromatic nitrogens is 1. The molecule has 174 valence electrons. The summed E-state index contributed by atoms with van der Waals surface area (Å²) in [5, 5.41) is 2.61. The van der Waals surface area contributed by atoms with E-state index in [9.17, 15) is 30.8 Å². The molecule has 0 aliphatic rings. The maximum atomic E-state index is 14.1. The van der Waals surface area contributed by atoms with Gasteiger partial charge in [0, 0.05) is 6.08 Å². The molecule has 0 aliphatic carbocycles. The topological polar surface area (TPSA) is 88.2 Å². The fraction of sp³-hybridized carbons (Fsp3) is 0.333. The molecule has 0 radical (unpaired) electrons. The van der Waals surface area contributed by atoms with Crippen molar-refractivity contribution in [3.63, 3.8) is 0 Å². The number of halogens is 4. The summed E-state index contributed by atoms with van der Waals surface area (Å²) in [6, 6.07) is 5.28. The van der Waals surface area contributed by atoms with Gasteiger partial charge in [-0.1, -0.05) is 26.0 Å². The van der Waals surface area contributed by atoms with E-state index in [0.29, 0.717) is 11.1 Å². The molecule has 2 rings (SSSR count). The summed E-state index contributed by atoms with van der Waals surface area (Å²) >= 11 is 0. The maximum absolute atomic E-state index is 14.1. The number of rotatable bonds is 7. The highest BCUT2D eigenvalue weighted by atomic mass is 32.2. The predicted octanol–water partition coefficient (Wildman–Crippen LogP) is 4.63. The fourth-order valence-electron chi connectivity index (χ4n) is 2.84. The van der Waals surface area contributed by atoms with Crippen LogP contribution in [0.2, 0.25) is 0 Å². The van der Waals surface area contributed by atoms with Crippen LogP contribution in [0.1, 0.15) is 55.2 Å². The fourth-order valence-corrected chi connectivity index (χ4v) is 3.41. The minimum atomic E-state index is -4.57. The van der Waals surface area contributed by atoms with Gasteiger partial charge in [0.05, 0.1) is 23.7 Å². The van der Waals surface area contributed by atoms with Gasteiger partial charge in [-0.05, 0) is 48.2 Å². The second-order valence-corrected chi connectivity index (χ2v) is 9.25. The van der Waals surface area contributed by atoms with E-state index in [0.717, 1.165) is 24.5 Å². The lowest BCUT2D eigenvalue weighted by Gasteiger charge is -2.15. The molecular formula is C21H23F4N3O3S. The Kier molecular flexibility index (Phi) is 7.66. The highest BCUT2D eigenvalue weighted by molar-refractivity contribution is 7.92. The zero-order chi connectivity index (χ0) is 24.3. The first-order chi connectivity index (χ1) is 14.7. The standard InChI is InChI=1S/C21H23F4N3O3S/c1-12(2)20-14(6-9-18(27-20)21(23,24)25)7-10-19(29)26-13(3)15-5-8-17(16(22)11-15)28-32(4,30)31/h5-13,28H,1-4H3,(H,26,29)/b10-7-/t13-/m1/s1. The molecule has 0 unspecified atom stereocenters. The van der Waals surface area contributed by atoms with Gasteiger partial charge in [-0.2, -0.15) is 13.2 Å².